The number of nitrogens with zero attached hydrogens (tertiary/aromatic N) is 4. The fourth-order valence-corrected chi connectivity index (χ4v) is 1.39. The standard InChI is InChI=1S/C9H8BF4N4O/c1-18-16-9(15-17-18)5-19-6-2-3-7(8(11)4-6)10(12,13)14/h2-4H,5H2,1H3/q-1. The lowest BCUT2D eigenvalue weighted by atomic mass is 9.80. The minimum atomic E-state index is -5.37. The summed E-state index contributed by atoms with van der Waals surface area (Å²) in [4.78, 5) is 1.20. The van der Waals surface area contributed by atoms with Gasteiger partial charge < -0.3 is 17.7 Å². The Morgan fingerprint density at radius 2 is 2.05 bits per heavy atom. The predicted molar refractivity (Wildman–Crippen MR) is 58.2 cm³/mol. The Morgan fingerprint density at radius 1 is 1.32 bits per heavy atom. The molecular formula is C9H8BF4N4O-. The summed E-state index contributed by atoms with van der Waals surface area (Å²) in [5.74, 6) is -1.15. The number of rotatable bonds is 4. The van der Waals surface area contributed by atoms with Crippen molar-refractivity contribution in [2.24, 2.45) is 7.05 Å². The van der Waals surface area contributed by atoms with Crippen molar-refractivity contribution in [1.29, 1.82) is 0 Å². The van der Waals surface area contributed by atoms with Crippen molar-refractivity contribution in [1.82, 2.24) is 20.2 Å². The smallest absolute Gasteiger partial charge is 0.485 e. The topological polar surface area (TPSA) is 52.8 Å². The van der Waals surface area contributed by atoms with Crippen LogP contribution < -0.4 is 10.2 Å². The summed E-state index contributed by atoms with van der Waals surface area (Å²) in [6.07, 6.45) is 0. The predicted octanol–water partition coefficient (Wildman–Crippen LogP) is 0.983. The molecule has 0 amide bonds. The highest BCUT2D eigenvalue weighted by Gasteiger charge is 2.28. The summed E-state index contributed by atoms with van der Waals surface area (Å²) < 4.78 is 55.5. The van der Waals surface area contributed by atoms with Crippen molar-refractivity contribution in [2.75, 3.05) is 0 Å². The molecule has 2 rings (SSSR count). The second-order valence-corrected chi connectivity index (χ2v) is 3.74. The highest BCUT2D eigenvalue weighted by atomic mass is 19.4. The van der Waals surface area contributed by atoms with Crippen molar-refractivity contribution >= 4 is 12.4 Å². The maximum Gasteiger partial charge on any atom is 0.512 e. The molecule has 0 fully saturated rings. The van der Waals surface area contributed by atoms with Gasteiger partial charge in [0.1, 0.15) is 5.75 Å². The first-order chi connectivity index (χ1) is 8.86. The molecule has 0 spiro atoms. The zero-order valence-corrected chi connectivity index (χ0v) is 9.73. The van der Waals surface area contributed by atoms with Gasteiger partial charge in [0.2, 0.25) is 5.82 Å². The van der Waals surface area contributed by atoms with Gasteiger partial charge in [0, 0.05) is 6.07 Å². The van der Waals surface area contributed by atoms with Crippen LogP contribution in [0.5, 0.6) is 5.75 Å². The fourth-order valence-electron chi connectivity index (χ4n) is 1.39. The molecule has 5 nitrogen and oxygen atoms in total. The molecule has 0 aliphatic carbocycles. The van der Waals surface area contributed by atoms with E-state index >= 15 is 0 Å². The molecule has 0 bridgehead atoms. The van der Waals surface area contributed by atoms with E-state index < -0.39 is 18.3 Å². The number of tetrazole rings is 1. The molecule has 0 N–H and O–H groups in total. The maximum atomic E-state index is 13.2. The van der Waals surface area contributed by atoms with E-state index in [0.717, 1.165) is 6.07 Å². The van der Waals surface area contributed by atoms with Crippen molar-refractivity contribution < 1.29 is 22.1 Å². The maximum absolute atomic E-state index is 13.2. The molecule has 0 aliphatic rings. The third-order valence-electron chi connectivity index (χ3n) is 2.24. The van der Waals surface area contributed by atoms with Gasteiger partial charge in [-0.1, -0.05) is 11.5 Å². The Kier molecular flexibility index (Phi) is 3.41. The number of aromatic nitrogens is 4. The number of hydrogen-bond donors (Lipinski definition) is 0. The Balaban J connectivity index is 2.08. The highest BCUT2D eigenvalue weighted by molar-refractivity contribution is 6.73. The molecule has 102 valence electrons. The van der Waals surface area contributed by atoms with Crippen LogP contribution in [0, 0.1) is 5.82 Å². The molecule has 0 saturated carbocycles. The van der Waals surface area contributed by atoms with Crippen LogP contribution in [-0.2, 0) is 13.7 Å². The highest BCUT2D eigenvalue weighted by Crippen LogP contribution is 2.17. The summed E-state index contributed by atoms with van der Waals surface area (Å²) in [7, 11) is 1.55. The van der Waals surface area contributed by atoms with E-state index in [4.69, 9.17) is 4.74 Å². The Bertz CT molecular complexity index is 586. The van der Waals surface area contributed by atoms with E-state index in [1.807, 2.05) is 0 Å². The SMILES string of the molecule is Cn1nnc(COc2ccc([B-](F)(F)F)c(F)c2)n1. The minimum Gasteiger partial charge on any atom is -0.485 e. The van der Waals surface area contributed by atoms with E-state index in [0.29, 0.717) is 12.1 Å². The van der Waals surface area contributed by atoms with Crippen LogP contribution in [0.4, 0.5) is 17.3 Å². The molecular weight excluding hydrogens is 267 g/mol. The van der Waals surface area contributed by atoms with Gasteiger partial charge in [0.15, 0.2) is 6.61 Å². The summed E-state index contributed by atoms with van der Waals surface area (Å²) in [5, 5.41) is 11.0. The number of halogens is 4. The molecule has 1 aromatic heterocycles. The zero-order chi connectivity index (χ0) is 14.0. The van der Waals surface area contributed by atoms with Gasteiger partial charge in [-0.3, -0.25) is 0 Å². The molecule has 0 unspecified atom stereocenters. The minimum absolute atomic E-state index is 0.0336. The lowest BCUT2D eigenvalue weighted by Gasteiger charge is -2.16. The molecule has 1 heterocycles. The van der Waals surface area contributed by atoms with Crippen molar-refractivity contribution in [3.05, 3.63) is 29.8 Å². The third-order valence-corrected chi connectivity index (χ3v) is 2.24. The van der Waals surface area contributed by atoms with Crippen LogP contribution >= 0.6 is 0 Å². The zero-order valence-electron chi connectivity index (χ0n) is 9.73. The Morgan fingerprint density at radius 3 is 2.58 bits per heavy atom. The number of hydrogen-bond acceptors (Lipinski definition) is 4. The number of ether oxygens (including phenoxy) is 1. The van der Waals surface area contributed by atoms with E-state index in [-0.39, 0.29) is 18.2 Å². The lowest BCUT2D eigenvalue weighted by Crippen LogP contribution is -2.36. The van der Waals surface area contributed by atoms with Crippen LogP contribution in [0.3, 0.4) is 0 Å². The van der Waals surface area contributed by atoms with Crippen molar-refractivity contribution in [3.8, 4) is 5.75 Å². The van der Waals surface area contributed by atoms with Crippen LogP contribution in [0.1, 0.15) is 5.82 Å². The van der Waals surface area contributed by atoms with Crippen LogP contribution in [-0.4, -0.2) is 27.2 Å². The fraction of sp³-hybridized carbons (Fsp3) is 0.222. The summed E-state index contributed by atoms with van der Waals surface area (Å²) in [5.41, 5.74) is -1.27. The molecule has 0 saturated heterocycles. The van der Waals surface area contributed by atoms with Gasteiger partial charge in [0.25, 0.3) is 0 Å². The number of benzene rings is 1. The molecule has 0 radical (unpaired) electrons. The summed E-state index contributed by atoms with van der Waals surface area (Å²) >= 11 is 0. The average Bonchev–Trinajstić information content (AvgIpc) is 2.71. The Hall–Kier alpha value is -2.13. The third kappa shape index (κ3) is 3.21. The van der Waals surface area contributed by atoms with Crippen LogP contribution in [0.2, 0.25) is 0 Å². The molecule has 2 aromatic rings. The first-order valence-electron chi connectivity index (χ1n) is 5.21. The van der Waals surface area contributed by atoms with Gasteiger partial charge in [-0.15, -0.1) is 10.2 Å². The monoisotopic (exact) mass is 275 g/mol. The first kappa shape index (κ1) is 13.3. The van der Waals surface area contributed by atoms with Gasteiger partial charge in [-0.05, 0) is 11.3 Å². The van der Waals surface area contributed by atoms with E-state index in [9.17, 15) is 17.3 Å². The second kappa shape index (κ2) is 4.86. The second-order valence-electron chi connectivity index (χ2n) is 3.74. The van der Waals surface area contributed by atoms with Gasteiger partial charge in [0.05, 0.1) is 12.9 Å². The molecule has 0 atom stereocenters. The van der Waals surface area contributed by atoms with Gasteiger partial charge in [-0.25, -0.2) is 4.39 Å². The molecule has 19 heavy (non-hydrogen) atoms. The number of aryl methyl sites for hydroxylation is 1. The van der Waals surface area contributed by atoms with E-state index in [1.165, 1.54) is 4.80 Å². The van der Waals surface area contributed by atoms with Crippen molar-refractivity contribution in [2.45, 2.75) is 6.61 Å². The van der Waals surface area contributed by atoms with Gasteiger partial charge in [-0.2, -0.15) is 4.80 Å². The molecule has 10 heteroatoms. The average molecular weight is 275 g/mol. The summed E-state index contributed by atoms with van der Waals surface area (Å²) in [6.45, 7) is -5.48. The van der Waals surface area contributed by atoms with Gasteiger partial charge >= 0.3 is 6.98 Å². The first-order valence-corrected chi connectivity index (χ1v) is 5.21. The lowest BCUT2D eigenvalue weighted by molar-refractivity contribution is 0.294. The van der Waals surface area contributed by atoms with Crippen LogP contribution in [0.25, 0.3) is 0 Å². The van der Waals surface area contributed by atoms with Crippen molar-refractivity contribution in [3.63, 3.8) is 0 Å². The largest absolute Gasteiger partial charge is 0.512 e. The molecule has 0 aliphatic heterocycles. The quantitative estimate of drug-likeness (QED) is 0.616. The Labute approximate surface area is 105 Å². The van der Waals surface area contributed by atoms with E-state index in [1.54, 1.807) is 7.05 Å². The van der Waals surface area contributed by atoms with Crippen LogP contribution in [0.15, 0.2) is 18.2 Å². The summed E-state index contributed by atoms with van der Waals surface area (Å²) in [6, 6.07) is 2.37. The van der Waals surface area contributed by atoms with E-state index in [2.05, 4.69) is 15.4 Å². The normalized spacial score (nSPS) is 11.6. The molecule has 1 aromatic carbocycles.